The molecule has 0 aliphatic heterocycles. The normalized spacial score (nSPS) is 28.4. The monoisotopic (exact) mass is 442 g/mol. The maximum absolute atomic E-state index is 13.7. The van der Waals surface area contributed by atoms with Crippen LogP contribution in [0.2, 0.25) is 0 Å². The van der Waals surface area contributed by atoms with E-state index >= 15 is 0 Å². The van der Waals surface area contributed by atoms with Gasteiger partial charge < -0.3 is 0 Å². The van der Waals surface area contributed by atoms with Gasteiger partial charge in [0.05, 0.1) is 11.4 Å². The molecule has 1 aromatic heterocycles. The fourth-order valence-electron chi connectivity index (χ4n) is 7.79. The number of carbonyl (C=O) groups is 1. The fraction of sp³-hybridized carbons (Fsp3) is 0.448. The van der Waals surface area contributed by atoms with E-state index in [2.05, 4.69) is 39.8 Å². The Hall–Kier alpha value is -2.75. The lowest BCUT2D eigenvalue weighted by Gasteiger charge is -2.55. The van der Waals surface area contributed by atoms with Gasteiger partial charge in [0.1, 0.15) is 5.82 Å². The van der Waals surface area contributed by atoms with Crippen molar-refractivity contribution in [3.05, 3.63) is 77.2 Å². The van der Waals surface area contributed by atoms with Crippen LogP contribution in [0.25, 0.3) is 11.3 Å². The molecule has 3 nitrogen and oxygen atoms in total. The molecule has 0 N–H and O–H groups in total. The lowest BCUT2D eigenvalue weighted by Crippen LogP contribution is -2.48. The van der Waals surface area contributed by atoms with E-state index in [-0.39, 0.29) is 28.0 Å². The van der Waals surface area contributed by atoms with Crippen molar-refractivity contribution < 1.29 is 9.18 Å². The van der Waals surface area contributed by atoms with Gasteiger partial charge in [-0.2, -0.15) is 9.78 Å². The zero-order chi connectivity index (χ0) is 23.2. The molecule has 33 heavy (non-hydrogen) atoms. The molecule has 0 amide bonds. The van der Waals surface area contributed by atoms with E-state index in [1.807, 2.05) is 18.2 Å². The zero-order valence-corrected chi connectivity index (χ0v) is 19.9. The largest absolute Gasteiger partial charge is 0.278 e. The molecule has 0 radical (unpaired) electrons. The van der Waals surface area contributed by atoms with Crippen molar-refractivity contribution in [3.63, 3.8) is 0 Å². The van der Waals surface area contributed by atoms with Crippen LogP contribution in [0.5, 0.6) is 0 Å². The first-order valence-electron chi connectivity index (χ1n) is 12.1. The lowest BCUT2D eigenvalue weighted by molar-refractivity contribution is 0.00338. The Bertz CT molecular complexity index is 1250. The number of hydrogen-bond donors (Lipinski definition) is 0. The van der Waals surface area contributed by atoms with Crippen LogP contribution in [0.15, 0.2) is 54.6 Å². The smallest absolute Gasteiger partial charge is 0.267 e. The Kier molecular flexibility index (Phi) is 4.20. The van der Waals surface area contributed by atoms with Gasteiger partial charge in [0.25, 0.3) is 5.91 Å². The minimum absolute atomic E-state index is 0.128. The highest BCUT2D eigenvalue weighted by Gasteiger charge is 2.69. The van der Waals surface area contributed by atoms with E-state index in [0.717, 1.165) is 23.4 Å². The Balaban J connectivity index is 1.61. The van der Waals surface area contributed by atoms with Crippen molar-refractivity contribution in [1.29, 1.82) is 0 Å². The van der Waals surface area contributed by atoms with Crippen LogP contribution < -0.4 is 0 Å². The second-order valence-corrected chi connectivity index (χ2v) is 11.7. The van der Waals surface area contributed by atoms with Gasteiger partial charge in [0, 0.05) is 22.6 Å². The van der Waals surface area contributed by atoms with Crippen LogP contribution >= 0.6 is 0 Å². The van der Waals surface area contributed by atoms with Crippen LogP contribution in [0.1, 0.15) is 74.5 Å². The van der Waals surface area contributed by atoms with Gasteiger partial charge >= 0.3 is 0 Å². The highest BCUT2D eigenvalue weighted by atomic mass is 19.1. The fourth-order valence-corrected chi connectivity index (χ4v) is 7.79. The summed E-state index contributed by atoms with van der Waals surface area (Å²) in [4.78, 5) is 13.7. The van der Waals surface area contributed by atoms with Crippen molar-refractivity contribution in [1.82, 2.24) is 9.78 Å². The van der Waals surface area contributed by atoms with Crippen LogP contribution in [0.4, 0.5) is 4.39 Å². The van der Waals surface area contributed by atoms with Gasteiger partial charge in [-0.1, -0.05) is 58.0 Å². The van der Waals surface area contributed by atoms with E-state index in [4.69, 9.17) is 5.10 Å². The highest BCUT2D eigenvalue weighted by Crippen LogP contribution is 2.77. The van der Waals surface area contributed by atoms with Crippen molar-refractivity contribution >= 4 is 5.91 Å². The average Bonchev–Trinajstić information content (AvgIpc) is 3.44. The number of carbonyl (C=O) groups excluding carboxylic acids is 1. The molecule has 2 aromatic carbocycles. The van der Waals surface area contributed by atoms with Gasteiger partial charge in [0.15, 0.2) is 0 Å². The van der Waals surface area contributed by atoms with Crippen molar-refractivity contribution in [3.8, 4) is 11.3 Å². The van der Waals surface area contributed by atoms with Crippen molar-refractivity contribution in [2.45, 2.75) is 59.3 Å². The molecule has 0 saturated heterocycles. The quantitative estimate of drug-likeness (QED) is 0.434. The average molecular weight is 443 g/mol. The maximum Gasteiger partial charge on any atom is 0.278 e. The number of nitrogens with zero attached hydrogens (tertiary/aromatic N) is 2. The molecule has 3 unspecified atom stereocenters. The second kappa shape index (κ2) is 6.65. The topological polar surface area (TPSA) is 34.9 Å². The number of rotatable bonds is 2. The molecule has 6 rings (SSSR count). The minimum atomic E-state index is -0.345. The number of hydrogen-bond acceptors (Lipinski definition) is 2. The Morgan fingerprint density at radius 3 is 2.42 bits per heavy atom. The van der Waals surface area contributed by atoms with Crippen LogP contribution in [0, 0.1) is 28.0 Å². The summed E-state index contributed by atoms with van der Waals surface area (Å²) >= 11 is 0. The summed E-state index contributed by atoms with van der Waals surface area (Å²) in [5, 5.41) is 5.12. The molecular formula is C29H31FN2O. The summed E-state index contributed by atoms with van der Waals surface area (Å²) in [6.45, 7) is 9.69. The van der Waals surface area contributed by atoms with Crippen LogP contribution in [-0.4, -0.2) is 15.7 Å². The molecule has 3 aromatic rings. The van der Waals surface area contributed by atoms with E-state index in [0.29, 0.717) is 17.4 Å². The SMILES string of the molecule is CC1(C)C2CCC3(C2)C1c1nn(C(=O)c2ccc(F)cc2)c(-c2ccccc2)c1CC3(C)C. The van der Waals surface area contributed by atoms with Gasteiger partial charge in [-0.15, -0.1) is 0 Å². The number of fused-ring (bicyclic) bond motifs is 3. The molecule has 3 aliphatic rings. The second-order valence-electron chi connectivity index (χ2n) is 11.7. The molecule has 1 heterocycles. The summed E-state index contributed by atoms with van der Waals surface area (Å²) in [5.41, 5.74) is 5.22. The Morgan fingerprint density at radius 1 is 1.03 bits per heavy atom. The van der Waals surface area contributed by atoms with Gasteiger partial charge in [-0.3, -0.25) is 4.79 Å². The van der Waals surface area contributed by atoms with Crippen molar-refractivity contribution in [2.24, 2.45) is 22.2 Å². The third-order valence-corrected chi connectivity index (χ3v) is 9.48. The summed E-state index contributed by atoms with van der Waals surface area (Å²) in [6, 6.07) is 15.9. The molecule has 2 bridgehead atoms. The molecule has 170 valence electrons. The molecule has 2 saturated carbocycles. The Labute approximate surface area is 195 Å². The van der Waals surface area contributed by atoms with E-state index in [1.54, 1.807) is 16.8 Å². The standard InChI is InChI=1S/C29H31FN2O/c1-27(2)17-22-23(25-28(3,4)20-14-15-29(25,27)16-20)31-32(24(22)18-8-6-5-7-9-18)26(33)19-10-12-21(30)13-11-19/h5-13,20,25H,14-17H2,1-4H3. The first-order chi connectivity index (χ1) is 15.7. The summed E-state index contributed by atoms with van der Waals surface area (Å²) in [7, 11) is 0. The first kappa shape index (κ1) is 20.8. The van der Waals surface area contributed by atoms with Gasteiger partial charge in [0.2, 0.25) is 0 Å². The van der Waals surface area contributed by atoms with Gasteiger partial charge in [-0.25, -0.2) is 4.39 Å². The van der Waals surface area contributed by atoms with Gasteiger partial charge in [-0.05, 0) is 72.1 Å². The van der Waals surface area contributed by atoms with Crippen molar-refractivity contribution in [2.75, 3.05) is 0 Å². The number of aromatic nitrogens is 2. The number of benzene rings is 2. The summed E-state index contributed by atoms with van der Waals surface area (Å²) < 4.78 is 15.2. The Morgan fingerprint density at radius 2 is 1.73 bits per heavy atom. The van der Waals surface area contributed by atoms with E-state index in [1.165, 1.54) is 37.0 Å². The van der Waals surface area contributed by atoms with Crippen LogP contribution in [-0.2, 0) is 6.42 Å². The van der Waals surface area contributed by atoms with E-state index in [9.17, 15) is 9.18 Å². The highest BCUT2D eigenvalue weighted by molar-refractivity contribution is 5.98. The molecule has 3 aliphatic carbocycles. The summed E-state index contributed by atoms with van der Waals surface area (Å²) in [6.07, 6.45) is 4.72. The molecule has 4 heteroatoms. The lowest BCUT2D eigenvalue weighted by atomic mass is 9.49. The molecule has 3 atom stereocenters. The zero-order valence-electron chi connectivity index (χ0n) is 19.9. The molecule has 1 spiro atoms. The maximum atomic E-state index is 13.7. The minimum Gasteiger partial charge on any atom is -0.267 e. The third kappa shape index (κ3) is 2.67. The predicted octanol–water partition coefficient (Wildman–Crippen LogP) is 6.87. The summed E-state index contributed by atoms with van der Waals surface area (Å²) in [5.74, 6) is 0.496. The molecule has 2 fully saturated rings. The molecular weight excluding hydrogens is 411 g/mol. The third-order valence-electron chi connectivity index (χ3n) is 9.48. The van der Waals surface area contributed by atoms with Crippen LogP contribution in [0.3, 0.4) is 0 Å². The predicted molar refractivity (Wildman–Crippen MR) is 128 cm³/mol. The first-order valence-corrected chi connectivity index (χ1v) is 12.1. The number of halogens is 1. The van der Waals surface area contributed by atoms with E-state index < -0.39 is 0 Å².